The minimum Gasteiger partial charge on any atom is -0.507 e. The highest BCUT2D eigenvalue weighted by molar-refractivity contribution is 9.10. The van der Waals surface area contributed by atoms with E-state index in [2.05, 4.69) is 26.1 Å². The molecular weight excluding hydrogens is 380 g/mol. The van der Waals surface area contributed by atoms with Gasteiger partial charge in [-0.05, 0) is 31.0 Å². The van der Waals surface area contributed by atoms with Crippen molar-refractivity contribution >= 4 is 33.6 Å². The summed E-state index contributed by atoms with van der Waals surface area (Å²) >= 11 is 4.76. The molecule has 122 valence electrons. The van der Waals surface area contributed by atoms with Gasteiger partial charge in [0.25, 0.3) is 0 Å². The van der Waals surface area contributed by atoms with Crippen LogP contribution >= 0.6 is 27.7 Å². The molecule has 8 heteroatoms. The highest BCUT2D eigenvalue weighted by Crippen LogP contribution is 2.32. The minimum absolute atomic E-state index is 0.141. The number of halogens is 1. The van der Waals surface area contributed by atoms with Crippen LogP contribution < -0.4 is 0 Å². The van der Waals surface area contributed by atoms with E-state index in [9.17, 15) is 9.90 Å². The van der Waals surface area contributed by atoms with E-state index < -0.39 is 0 Å². The average molecular weight is 397 g/mol. The Balaban J connectivity index is 1.74. The quantitative estimate of drug-likeness (QED) is 0.804. The Kier molecular flexibility index (Phi) is 4.91. The zero-order valence-corrected chi connectivity index (χ0v) is 15.1. The summed E-state index contributed by atoms with van der Waals surface area (Å²) in [4.78, 5) is 14.0. The summed E-state index contributed by atoms with van der Waals surface area (Å²) < 4.78 is 2.65. The van der Waals surface area contributed by atoms with Gasteiger partial charge in [-0.2, -0.15) is 0 Å². The van der Waals surface area contributed by atoms with Crippen LogP contribution in [-0.4, -0.2) is 49.5 Å². The molecule has 0 saturated carbocycles. The zero-order chi connectivity index (χ0) is 16.4. The predicted molar refractivity (Wildman–Crippen MR) is 92.3 cm³/mol. The molecule has 0 bridgehead atoms. The third-order valence-corrected chi connectivity index (χ3v) is 5.32. The van der Waals surface area contributed by atoms with Crippen molar-refractivity contribution in [3.63, 3.8) is 0 Å². The summed E-state index contributed by atoms with van der Waals surface area (Å²) in [5.74, 6) is 1.21. The van der Waals surface area contributed by atoms with Crippen LogP contribution in [0.5, 0.6) is 5.75 Å². The summed E-state index contributed by atoms with van der Waals surface area (Å²) in [7, 11) is 1.83. The second-order valence-corrected chi connectivity index (χ2v) is 7.26. The molecule has 0 radical (unpaired) electrons. The van der Waals surface area contributed by atoms with Gasteiger partial charge in [0.2, 0.25) is 5.91 Å². The molecular formula is C15H17BrN4O2S. The van der Waals surface area contributed by atoms with E-state index in [1.807, 2.05) is 11.9 Å². The fraction of sp³-hybridized carbons (Fsp3) is 0.400. The van der Waals surface area contributed by atoms with Crippen molar-refractivity contribution in [1.82, 2.24) is 19.7 Å². The van der Waals surface area contributed by atoms with Gasteiger partial charge in [-0.3, -0.25) is 4.79 Å². The third kappa shape index (κ3) is 3.53. The average Bonchev–Trinajstić information content (AvgIpc) is 3.18. The van der Waals surface area contributed by atoms with Crippen molar-refractivity contribution in [3.8, 4) is 17.1 Å². The molecule has 0 unspecified atom stereocenters. The van der Waals surface area contributed by atoms with Gasteiger partial charge in [0, 0.05) is 24.6 Å². The van der Waals surface area contributed by atoms with Gasteiger partial charge in [-0.1, -0.05) is 27.7 Å². The Hall–Kier alpha value is -1.54. The second kappa shape index (κ2) is 6.92. The van der Waals surface area contributed by atoms with Crippen molar-refractivity contribution in [2.75, 3.05) is 18.8 Å². The molecule has 1 aromatic carbocycles. The first-order valence-electron chi connectivity index (χ1n) is 7.35. The lowest BCUT2D eigenvalue weighted by Crippen LogP contribution is -2.29. The van der Waals surface area contributed by atoms with Crippen molar-refractivity contribution in [1.29, 1.82) is 0 Å². The van der Waals surface area contributed by atoms with Gasteiger partial charge in [0.15, 0.2) is 11.0 Å². The maximum absolute atomic E-state index is 12.1. The van der Waals surface area contributed by atoms with Crippen LogP contribution in [0.15, 0.2) is 27.8 Å². The van der Waals surface area contributed by atoms with Crippen molar-refractivity contribution in [2.24, 2.45) is 7.05 Å². The van der Waals surface area contributed by atoms with Gasteiger partial charge in [-0.15, -0.1) is 10.2 Å². The molecule has 1 saturated heterocycles. The number of thioether (sulfide) groups is 1. The number of aromatic nitrogens is 3. The number of aromatic hydroxyl groups is 1. The lowest BCUT2D eigenvalue weighted by Gasteiger charge is -2.14. The number of amides is 1. The molecule has 1 aliphatic rings. The molecule has 3 rings (SSSR count). The second-order valence-electron chi connectivity index (χ2n) is 5.40. The molecule has 0 aliphatic carbocycles. The predicted octanol–water partition coefficient (Wildman–Crippen LogP) is 2.66. The third-order valence-electron chi connectivity index (χ3n) is 3.82. The van der Waals surface area contributed by atoms with Gasteiger partial charge in [0.1, 0.15) is 5.75 Å². The topological polar surface area (TPSA) is 71.2 Å². The summed E-state index contributed by atoms with van der Waals surface area (Å²) in [5, 5.41) is 19.0. The van der Waals surface area contributed by atoms with Crippen molar-refractivity contribution in [2.45, 2.75) is 18.0 Å². The monoisotopic (exact) mass is 396 g/mol. The smallest absolute Gasteiger partial charge is 0.233 e. The number of carbonyl (C=O) groups is 1. The van der Waals surface area contributed by atoms with E-state index >= 15 is 0 Å². The number of rotatable bonds is 4. The Morgan fingerprint density at radius 2 is 2.09 bits per heavy atom. The molecule has 2 aromatic rings. The molecule has 1 amide bonds. The number of phenolic OH excluding ortho intramolecular Hbond substituents is 1. The van der Waals surface area contributed by atoms with Gasteiger partial charge < -0.3 is 14.6 Å². The minimum atomic E-state index is 0.141. The first kappa shape index (κ1) is 16.3. The van der Waals surface area contributed by atoms with Crippen LogP contribution in [-0.2, 0) is 11.8 Å². The van der Waals surface area contributed by atoms with E-state index in [1.165, 1.54) is 11.8 Å². The Morgan fingerprint density at radius 1 is 1.35 bits per heavy atom. The number of hydrogen-bond acceptors (Lipinski definition) is 5. The summed E-state index contributed by atoms with van der Waals surface area (Å²) in [6.45, 7) is 1.71. The van der Waals surface area contributed by atoms with E-state index in [0.717, 1.165) is 30.4 Å². The van der Waals surface area contributed by atoms with Crippen LogP contribution in [0.1, 0.15) is 12.8 Å². The SMILES string of the molecule is Cn1c(SCC(=O)N2CCCC2)nnc1-c1cc(Br)ccc1O. The molecule has 1 aromatic heterocycles. The fourth-order valence-electron chi connectivity index (χ4n) is 2.55. The molecule has 6 nitrogen and oxygen atoms in total. The van der Waals surface area contributed by atoms with Crippen LogP contribution in [0.2, 0.25) is 0 Å². The number of carbonyl (C=O) groups excluding carboxylic acids is 1. The molecule has 0 atom stereocenters. The standard InChI is InChI=1S/C15H17BrN4O2S/c1-19-14(11-8-10(16)4-5-12(11)21)17-18-15(19)23-9-13(22)20-6-2-3-7-20/h4-5,8,21H,2-3,6-7,9H2,1H3. The van der Waals surface area contributed by atoms with E-state index in [0.29, 0.717) is 22.3 Å². The van der Waals surface area contributed by atoms with E-state index in [-0.39, 0.29) is 11.7 Å². The highest BCUT2D eigenvalue weighted by atomic mass is 79.9. The summed E-state index contributed by atoms with van der Waals surface area (Å²) in [6.07, 6.45) is 2.18. The zero-order valence-electron chi connectivity index (χ0n) is 12.7. The lowest BCUT2D eigenvalue weighted by atomic mass is 10.2. The number of hydrogen-bond donors (Lipinski definition) is 1. The van der Waals surface area contributed by atoms with Crippen LogP contribution in [0.3, 0.4) is 0 Å². The normalized spacial score (nSPS) is 14.4. The number of benzene rings is 1. The Bertz CT molecular complexity index is 728. The fourth-order valence-corrected chi connectivity index (χ4v) is 3.72. The number of nitrogens with zero attached hydrogens (tertiary/aromatic N) is 4. The van der Waals surface area contributed by atoms with Crippen LogP contribution in [0.4, 0.5) is 0 Å². The van der Waals surface area contributed by atoms with Crippen LogP contribution in [0, 0.1) is 0 Å². The van der Waals surface area contributed by atoms with Gasteiger partial charge >= 0.3 is 0 Å². The molecule has 2 heterocycles. The Labute approximate surface area is 147 Å². The first-order valence-corrected chi connectivity index (χ1v) is 9.13. The Morgan fingerprint density at radius 3 is 2.83 bits per heavy atom. The highest BCUT2D eigenvalue weighted by Gasteiger charge is 2.20. The molecule has 1 aliphatic heterocycles. The lowest BCUT2D eigenvalue weighted by molar-refractivity contribution is -0.127. The summed E-state index contributed by atoms with van der Waals surface area (Å²) in [6, 6.07) is 5.17. The largest absolute Gasteiger partial charge is 0.507 e. The number of likely N-dealkylation sites (tertiary alicyclic amines) is 1. The molecule has 23 heavy (non-hydrogen) atoms. The van der Waals surface area contributed by atoms with Crippen molar-refractivity contribution in [3.05, 3.63) is 22.7 Å². The molecule has 1 fully saturated rings. The van der Waals surface area contributed by atoms with Crippen molar-refractivity contribution < 1.29 is 9.90 Å². The number of phenols is 1. The maximum Gasteiger partial charge on any atom is 0.233 e. The first-order chi connectivity index (χ1) is 11.1. The van der Waals surface area contributed by atoms with E-state index in [1.54, 1.807) is 22.8 Å². The van der Waals surface area contributed by atoms with Gasteiger partial charge in [-0.25, -0.2) is 0 Å². The van der Waals surface area contributed by atoms with E-state index in [4.69, 9.17) is 0 Å². The molecule has 1 N–H and O–H groups in total. The summed E-state index contributed by atoms with van der Waals surface area (Å²) in [5.41, 5.74) is 0.604. The molecule has 0 spiro atoms. The maximum atomic E-state index is 12.1. The van der Waals surface area contributed by atoms with Gasteiger partial charge in [0.05, 0.1) is 11.3 Å². The van der Waals surface area contributed by atoms with Crippen LogP contribution in [0.25, 0.3) is 11.4 Å².